The highest BCUT2D eigenvalue weighted by Gasteiger charge is 1.64. The van der Waals surface area contributed by atoms with E-state index in [1.54, 1.807) is 0 Å². The molecule has 0 radical (unpaired) electrons. The Morgan fingerprint density at radius 3 is 1.09 bits per heavy atom. The quantitative estimate of drug-likeness (QED) is 0.654. The first-order chi connectivity index (χ1) is 5.41. The Bertz CT molecular complexity index is 12.3. The Morgan fingerprint density at radius 1 is 0.818 bits per heavy atom. The molecule has 1 heteroatoms. The summed E-state index contributed by atoms with van der Waals surface area (Å²) >= 11 is 0. The van der Waals surface area contributed by atoms with E-state index >= 15 is 0 Å². The highest BCUT2D eigenvalue weighted by atomic mass is 14.8. The van der Waals surface area contributed by atoms with Crippen LogP contribution in [0.15, 0.2) is 0 Å². The topological polar surface area (TPSA) is 12.0 Å². The largest absolute Gasteiger partial charge is 0.320 e. The smallest absolute Gasteiger partial charge is 0.00546 e. The number of rotatable bonds is 2. The first-order valence-electron chi connectivity index (χ1n) is 5.06. The summed E-state index contributed by atoms with van der Waals surface area (Å²) in [6.07, 6.45) is 1.23. The third kappa shape index (κ3) is 164. The predicted molar refractivity (Wildman–Crippen MR) is 58.3 cm³/mol. The van der Waals surface area contributed by atoms with E-state index in [0.29, 0.717) is 0 Å². The molecule has 0 aromatic carbocycles. The van der Waals surface area contributed by atoms with E-state index in [4.69, 9.17) is 0 Å². The van der Waals surface area contributed by atoms with Gasteiger partial charge >= 0.3 is 0 Å². The molecule has 0 aliphatic carbocycles. The molecule has 0 rings (SSSR count). The summed E-state index contributed by atoms with van der Waals surface area (Å²) in [5, 5.41) is 3.02. The minimum atomic E-state index is 1.14. The first kappa shape index (κ1) is 22.4. The maximum absolute atomic E-state index is 3.02. The fraction of sp³-hybridized carbons (Fsp3) is 1.00. The molecular weight excluding hydrogens is 134 g/mol. The Labute approximate surface area is 74.6 Å². The molecule has 0 aromatic rings. The Balaban J connectivity index is -0.0000000350. The van der Waals surface area contributed by atoms with E-state index < -0.39 is 0 Å². The van der Waals surface area contributed by atoms with Crippen molar-refractivity contribution in [1.82, 2.24) is 5.32 Å². The Kier molecular flexibility index (Phi) is 186. The lowest BCUT2D eigenvalue weighted by molar-refractivity contribution is 0.772. The van der Waals surface area contributed by atoms with Crippen LogP contribution in [0.4, 0.5) is 0 Å². The van der Waals surface area contributed by atoms with Gasteiger partial charge < -0.3 is 5.32 Å². The molecule has 1 N–H and O–H groups in total. The highest BCUT2D eigenvalue weighted by molar-refractivity contribution is 4.28. The van der Waals surface area contributed by atoms with Gasteiger partial charge in [0.25, 0.3) is 0 Å². The molecule has 0 unspecified atom stereocenters. The van der Waals surface area contributed by atoms with Crippen molar-refractivity contribution in [2.24, 2.45) is 0 Å². The second-order valence-corrected chi connectivity index (χ2v) is 1.10. The summed E-state index contributed by atoms with van der Waals surface area (Å²) in [5.74, 6) is 0. The van der Waals surface area contributed by atoms with Gasteiger partial charge in [0.05, 0.1) is 0 Å². The first-order valence-corrected chi connectivity index (χ1v) is 5.06. The van der Waals surface area contributed by atoms with Gasteiger partial charge in [0, 0.05) is 0 Å². The van der Waals surface area contributed by atoms with Crippen molar-refractivity contribution < 1.29 is 0 Å². The summed E-state index contributed by atoms with van der Waals surface area (Å²) in [5.41, 5.74) is 0. The fourth-order valence-electron chi connectivity index (χ4n) is 0.250. The zero-order valence-electron chi connectivity index (χ0n) is 9.91. The van der Waals surface area contributed by atoms with Gasteiger partial charge in [-0.15, -0.1) is 0 Å². The van der Waals surface area contributed by atoms with Gasteiger partial charge in [-0.3, -0.25) is 0 Å². The van der Waals surface area contributed by atoms with E-state index in [9.17, 15) is 0 Å². The van der Waals surface area contributed by atoms with Gasteiger partial charge in [0.1, 0.15) is 0 Å². The number of nitrogens with one attached hydrogen (secondary N) is 1. The van der Waals surface area contributed by atoms with Crippen molar-refractivity contribution in [1.29, 1.82) is 0 Å². The van der Waals surface area contributed by atoms with Crippen LogP contribution >= 0.6 is 0 Å². The minimum Gasteiger partial charge on any atom is -0.320 e. The van der Waals surface area contributed by atoms with Gasteiger partial charge in [-0.25, -0.2) is 0 Å². The SMILES string of the molecule is CC.CC.CC.CCCNC. The van der Waals surface area contributed by atoms with Crippen LogP contribution in [0.5, 0.6) is 0 Å². The average molecular weight is 163 g/mol. The molecular formula is C10H29N. The van der Waals surface area contributed by atoms with Crippen LogP contribution < -0.4 is 5.32 Å². The van der Waals surface area contributed by atoms with Gasteiger partial charge in [0.15, 0.2) is 0 Å². The minimum absolute atomic E-state index is 1.14. The summed E-state index contributed by atoms with van der Waals surface area (Å²) in [7, 11) is 1.96. The molecule has 0 amide bonds. The van der Waals surface area contributed by atoms with Crippen LogP contribution in [0.25, 0.3) is 0 Å². The molecule has 0 aliphatic rings. The second-order valence-electron chi connectivity index (χ2n) is 1.10. The van der Waals surface area contributed by atoms with E-state index in [-0.39, 0.29) is 0 Å². The van der Waals surface area contributed by atoms with Crippen molar-refractivity contribution in [3.8, 4) is 0 Å². The zero-order valence-corrected chi connectivity index (χ0v) is 9.91. The molecule has 0 atom stereocenters. The molecule has 0 heterocycles. The molecule has 1 nitrogen and oxygen atoms in total. The van der Waals surface area contributed by atoms with Gasteiger partial charge in [-0.2, -0.15) is 0 Å². The lowest BCUT2D eigenvalue weighted by Crippen LogP contribution is -2.04. The van der Waals surface area contributed by atoms with Crippen LogP contribution in [-0.4, -0.2) is 13.6 Å². The normalized spacial score (nSPS) is 5.45. The van der Waals surface area contributed by atoms with Crippen molar-refractivity contribution in [3.63, 3.8) is 0 Å². The van der Waals surface area contributed by atoms with E-state index in [2.05, 4.69) is 12.2 Å². The maximum Gasteiger partial charge on any atom is -0.00546 e. The number of hydrogen-bond acceptors (Lipinski definition) is 1. The van der Waals surface area contributed by atoms with E-state index in [1.807, 2.05) is 48.6 Å². The Morgan fingerprint density at radius 2 is 1.09 bits per heavy atom. The molecule has 11 heavy (non-hydrogen) atoms. The lowest BCUT2D eigenvalue weighted by Gasteiger charge is -1.84. The van der Waals surface area contributed by atoms with Crippen LogP contribution in [0.1, 0.15) is 54.9 Å². The zero-order chi connectivity index (χ0) is 10.1. The van der Waals surface area contributed by atoms with Crippen molar-refractivity contribution in [2.45, 2.75) is 54.9 Å². The van der Waals surface area contributed by atoms with Gasteiger partial charge in [-0.1, -0.05) is 48.5 Å². The molecule has 0 saturated heterocycles. The summed E-state index contributed by atoms with van der Waals surface area (Å²) in [6.45, 7) is 15.3. The van der Waals surface area contributed by atoms with Crippen LogP contribution in [-0.2, 0) is 0 Å². The monoisotopic (exact) mass is 163 g/mol. The highest BCUT2D eigenvalue weighted by Crippen LogP contribution is 1.62. The Hall–Kier alpha value is -0.0400. The van der Waals surface area contributed by atoms with Gasteiger partial charge in [-0.05, 0) is 20.0 Å². The number of hydrogen-bond donors (Lipinski definition) is 1. The van der Waals surface area contributed by atoms with Crippen LogP contribution in [0, 0.1) is 0 Å². The standard InChI is InChI=1S/C4H11N.3C2H6/c1-3-4-5-2;3*1-2/h5H,3-4H2,1-2H3;3*1-2H3. The average Bonchev–Trinajstić information content (AvgIpc) is 2.16. The molecule has 0 saturated carbocycles. The molecule has 0 fully saturated rings. The fourth-order valence-corrected chi connectivity index (χ4v) is 0.250. The maximum atomic E-state index is 3.02. The molecule has 0 bridgehead atoms. The molecule has 0 aliphatic heterocycles. The summed E-state index contributed by atoms with van der Waals surface area (Å²) in [6, 6.07) is 0. The van der Waals surface area contributed by atoms with E-state index in [1.165, 1.54) is 6.42 Å². The molecule has 0 aromatic heterocycles. The summed E-state index contributed by atoms with van der Waals surface area (Å²) in [4.78, 5) is 0. The molecule has 74 valence electrons. The van der Waals surface area contributed by atoms with Gasteiger partial charge in [0.2, 0.25) is 0 Å². The predicted octanol–water partition coefficient (Wildman–Crippen LogP) is 3.69. The third-order valence-corrected chi connectivity index (χ3v) is 0.500. The molecule has 0 spiro atoms. The second kappa shape index (κ2) is 91.3. The van der Waals surface area contributed by atoms with Crippen LogP contribution in [0.2, 0.25) is 0 Å². The van der Waals surface area contributed by atoms with E-state index in [0.717, 1.165) is 6.54 Å². The van der Waals surface area contributed by atoms with Crippen molar-refractivity contribution in [2.75, 3.05) is 13.6 Å². The van der Waals surface area contributed by atoms with Crippen LogP contribution in [0.3, 0.4) is 0 Å². The van der Waals surface area contributed by atoms with Crippen molar-refractivity contribution in [3.05, 3.63) is 0 Å². The van der Waals surface area contributed by atoms with Crippen molar-refractivity contribution >= 4 is 0 Å². The summed E-state index contributed by atoms with van der Waals surface area (Å²) < 4.78 is 0. The lowest BCUT2D eigenvalue weighted by atomic mass is 10.5. The third-order valence-electron chi connectivity index (χ3n) is 0.500.